The Morgan fingerprint density at radius 3 is 2.31 bits per heavy atom. The van der Waals surface area contributed by atoms with Gasteiger partial charge in [0.05, 0.1) is 12.4 Å². The molecule has 2 aromatic carbocycles. The van der Waals surface area contributed by atoms with Crippen molar-refractivity contribution in [2.75, 3.05) is 37.7 Å². The van der Waals surface area contributed by atoms with Crippen LogP contribution in [0.25, 0.3) is 10.8 Å². The zero-order valence-corrected chi connectivity index (χ0v) is 17.0. The molecule has 0 atom stereocenters. The summed E-state index contributed by atoms with van der Waals surface area (Å²) in [5, 5.41) is 2.20. The Morgan fingerprint density at radius 2 is 1.59 bits per heavy atom. The molecule has 0 aromatic heterocycles. The monoisotopic (exact) mass is 391 g/mol. The van der Waals surface area contributed by atoms with Gasteiger partial charge in [-0.3, -0.25) is 19.4 Å². The summed E-state index contributed by atoms with van der Waals surface area (Å²) < 4.78 is 0. The first-order chi connectivity index (χ1) is 14.2. The summed E-state index contributed by atoms with van der Waals surface area (Å²) >= 11 is 0. The maximum absolute atomic E-state index is 13.0. The molecule has 29 heavy (non-hydrogen) atoms. The summed E-state index contributed by atoms with van der Waals surface area (Å²) in [5.41, 5.74) is 1.83. The van der Waals surface area contributed by atoms with Gasteiger partial charge in [-0.2, -0.15) is 0 Å². The predicted octanol–water partition coefficient (Wildman–Crippen LogP) is 3.87. The van der Waals surface area contributed by atoms with Gasteiger partial charge in [-0.1, -0.05) is 37.1 Å². The first kappa shape index (κ1) is 18.6. The Labute approximate surface area is 172 Å². The van der Waals surface area contributed by atoms with E-state index >= 15 is 0 Å². The molecular weight excluding hydrogens is 362 g/mol. The molecule has 2 amide bonds. The number of benzene rings is 2. The maximum atomic E-state index is 13.0. The van der Waals surface area contributed by atoms with E-state index in [0.717, 1.165) is 73.9 Å². The van der Waals surface area contributed by atoms with Crippen molar-refractivity contribution in [2.45, 2.75) is 38.5 Å². The average Bonchev–Trinajstić information content (AvgIpc) is 2.95. The molecule has 0 radical (unpaired) electrons. The first-order valence-electron chi connectivity index (χ1n) is 11.1. The SMILES string of the molecule is O=C(C1CCN(CN2C(=O)c3cccc4cccc2c34)CC1)N1CCCCCC1. The summed E-state index contributed by atoms with van der Waals surface area (Å²) in [6.07, 6.45) is 6.59. The molecule has 0 bridgehead atoms. The number of carbonyl (C=O) groups excluding carboxylic acids is 2. The van der Waals surface area contributed by atoms with Crippen LogP contribution in [-0.4, -0.2) is 54.5 Å². The summed E-state index contributed by atoms with van der Waals surface area (Å²) in [6.45, 7) is 4.23. The number of carbonyl (C=O) groups is 2. The lowest BCUT2D eigenvalue weighted by atomic mass is 9.95. The van der Waals surface area contributed by atoms with Crippen molar-refractivity contribution in [2.24, 2.45) is 5.92 Å². The van der Waals surface area contributed by atoms with Crippen LogP contribution in [0, 0.1) is 5.92 Å². The van der Waals surface area contributed by atoms with Gasteiger partial charge in [0.2, 0.25) is 5.91 Å². The molecule has 2 fully saturated rings. The van der Waals surface area contributed by atoms with Gasteiger partial charge in [-0.05, 0) is 43.2 Å². The standard InChI is InChI=1S/C24H29N3O2/c28-23(26-13-3-1-2-4-14-26)19-11-15-25(16-12-19)17-27-21-10-6-8-18-7-5-9-20(22(18)21)24(27)29/h5-10,19H,1-4,11-17H2. The highest BCUT2D eigenvalue weighted by molar-refractivity contribution is 6.24. The third-order valence-corrected chi connectivity index (χ3v) is 6.85. The van der Waals surface area contributed by atoms with E-state index in [1.54, 1.807) is 0 Å². The van der Waals surface area contributed by atoms with Crippen molar-refractivity contribution in [3.05, 3.63) is 42.0 Å². The van der Waals surface area contributed by atoms with E-state index < -0.39 is 0 Å². The molecule has 5 heteroatoms. The fraction of sp³-hybridized carbons (Fsp3) is 0.500. The van der Waals surface area contributed by atoms with Gasteiger partial charge in [0.25, 0.3) is 5.91 Å². The second-order valence-corrected chi connectivity index (χ2v) is 8.69. The molecule has 0 unspecified atom stereocenters. The molecule has 3 aliphatic heterocycles. The Hall–Kier alpha value is -2.40. The summed E-state index contributed by atoms with van der Waals surface area (Å²) in [7, 11) is 0. The average molecular weight is 392 g/mol. The van der Waals surface area contributed by atoms with Crippen LogP contribution in [0.2, 0.25) is 0 Å². The van der Waals surface area contributed by atoms with Crippen molar-refractivity contribution in [3.8, 4) is 0 Å². The quantitative estimate of drug-likeness (QED) is 0.798. The van der Waals surface area contributed by atoms with Crippen LogP contribution < -0.4 is 4.90 Å². The molecule has 0 spiro atoms. The highest BCUT2D eigenvalue weighted by Crippen LogP contribution is 2.37. The summed E-state index contributed by atoms with van der Waals surface area (Å²) in [4.78, 5) is 32.3. The Balaban J connectivity index is 1.23. The zero-order valence-electron chi connectivity index (χ0n) is 17.0. The Morgan fingerprint density at radius 1 is 0.897 bits per heavy atom. The number of rotatable bonds is 3. The molecule has 0 aliphatic carbocycles. The number of likely N-dealkylation sites (tertiary alicyclic amines) is 2. The van der Waals surface area contributed by atoms with Crippen molar-refractivity contribution in [1.29, 1.82) is 0 Å². The smallest absolute Gasteiger partial charge is 0.260 e. The van der Waals surface area contributed by atoms with Crippen LogP contribution >= 0.6 is 0 Å². The van der Waals surface area contributed by atoms with E-state index in [1.165, 1.54) is 12.8 Å². The van der Waals surface area contributed by atoms with Gasteiger partial charge >= 0.3 is 0 Å². The van der Waals surface area contributed by atoms with Crippen LogP contribution in [0.15, 0.2) is 36.4 Å². The minimum Gasteiger partial charge on any atom is -0.342 e. The largest absolute Gasteiger partial charge is 0.342 e. The minimum atomic E-state index is 0.0968. The minimum absolute atomic E-state index is 0.0968. The summed E-state index contributed by atoms with van der Waals surface area (Å²) in [6, 6.07) is 12.1. The third-order valence-electron chi connectivity index (χ3n) is 6.85. The van der Waals surface area contributed by atoms with Gasteiger partial charge in [0.1, 0.15) is 0 Å². The number of hydrogen-bond donors (Lipinski definition) is 0. The molecule has 0 saturated carbocycles. The Bertz CT molecular complexity index is 920. The molecule has 2 saturated heterocycles. The predicted molar refractivity (Wildman–Crippen MR) is 115 cm³/mol. The summed E-state index contributed by atoms with van der Waals surface area (Å²) in [5.74, 6) is 0.611. The van der Waals surface area contributed by atoms with E-state index in [0.29, 0.717) is 12.6 Å². The molecule has 2 aromatic rings. The van der Waals surface area contributed by atoms with E-state index in [2.05, 4.69) is 21.9 Å². The molecule has 5 rings (SSSR count). The number of nitrogens with zero attached hydrogens (tertiary/aromatic N) is 3. The van der Waals surface area contributed by atoms with Crippen molar-refractivity contribution in [3.63, 3.8) is 0 Å². The normalized spacial score (nSPS) is 21.0. The van der Waals surface area contributed by atoms with E-state index in [4.69, 9.17) is 0 Å². The maximum Gasteiger partial charge on any atom is 0.260 e. The number of piperidine rings is 1. The van der Waals surface area contributed by atoms with Crippen LogP contribution in [0.4, 0.5) is 5.69 Å². The molecular formula is C24H29N3O2. The lowest BCUT2D eigenvalue weighted by molar-refractivity contribution is -0.137. The van der Waals surface area contributed by atoms with Gasteiger partial charge < -0.3 is 4.90 Å². The fourth-order valence-corrected chi connectivity index (χ4v) is 5.19. The Kier molecular flexibility index (Phi) is 5.00. The van der Waals surface area contributed by atoms with Gasteiger partial charge in [-0.15, -0.1) is 0 Å². The van der Waals surface area contributed by atoms with Gasteiger partial charge in [-0.25, -0.2) is 0 Å². The second-order valence-electron chi connectivity index (χ2n) is 8.69. The zero-order chi connectivity index (χ0) is 19.8. The lowest BCUT2D eigenvalue weighted by Crippen LogP contribution is -2.47. The molecule has 0 N–H and O–H groups in total. The molecule has 3 heterocycles. The highest BCUT2D eigenvalue weighted by atomic mass is 16.2. The van der Waals surface area contributed by atoms with Crippen LogP contribution in [0.1, 0.15) is 48.9 Å². The number of anilines is 1. The number of amides is 2. The van der Waals surface area contributed by atoms with E-state index in [-0.39, 0.29) is 11.8 Å². The van der Waals surface area contributed by atoms with Gasteiger partial charge in [0.15, 0.2) is 0 Å². The van der Waals surface area contributed by atoms with Crippen LogP contribution in [-0.2, 0) is 4.79 Å². The fourth-order valence-electron chi connectivity index (χ4n) is 5.19. The van der Waals surface area contributed by atoms with Crippen molar-refractivity contribution >= 4 is 28.3 Å². The second kappa shape index (κ2) is 7.79. The van der Waals surface area contributed by atoms with Crippen molar-refractivity contribution in [1.82, 2.24) is 9.80 Å². The third kappa shape index (κ3) is 3.42. The topological polar surface area (TPSA) is 43.9 Å². The number of hydrogen-bond acceptors (Lipinski definition) is 3. The molecule has 3 aliphatic rings. The van der Waals surface area contributed by atoms with E-state index in [9.17, 15) is 9.59 Å². The van der Waals surface area contributed by atoms with E-state index in [1.807, 2.05) is 29.2 Å². The molecule has 152 valence electrons. The van der Waals surface area contributed by atoms with Crippen LogP contribution in [0.5, 0.6) is 0 Å². The molecule has 5 nitrogen and oxygen atoms in total. The van der Waals surface area contributed by atoms with Gasteiger partial charge in [0, 0.05) is 43.0 Å². The first-order valence-corrected chi connectivity index (χ1v) is 11.1. The van der Waals surface area contributed by atoms with Crippen LogP contribution in [0.3, 0.4) is 0 Å². The highest BCUT2D eigenvalue weighted by Gasteiger charge is 2.33. The lowest BCUT2D eigenvalue weighted by Gasteiger charge is -2.36. The van der Waals surface area contributed by atoms with Crippen molar-refractivity contribution < 1.29 is 9.59 Å².